The standard InChI is InChI=1S/C12H18N2/c1-3-4-7-10(13)12-9(2)6-5-8-11(12)14/h5-6,8,13H,3-4,7,14H2,1-2H3. The van der Waals surface area contributed by atoms with Gasteiger partial charge in [0.1, 0.15) is 0 Å². The van der Waals surface area contributed by atoms with Crippen molar-refractivity contribution in [2.24, 2.45) is 0 Å². The summed E-state index contributed by atoms with van der Waals surface area (Å²) in [6.07, 6.45) is 3.01. The van der Waals surface area contributed by atoms with Crippen LogP contribution < -0.4 is 5.73 Å². The fourth-order valence-electron chi connectivity index (χ4n) is 1.58. The number of hydrogen-bond acceptors (Lipinski definition) is 2. The molecule has 14 heavy (non-hydrogen) atoms. The third-order valence-corrected chi connectivity index (χ3v) is 2.39. The normalized spacial score (nSPS) is 10.1. The number of aryl methyl sites for hydroxylation is 1. The van der Waals surface area contributed by atoms with E-state index in [9.17, 15) is 0 Å². The molecule has 2 nitrogen and oxygen atoms in total. The van der Waals surface area contributed by atoms with E-state index >= 15 is 0 Å². The fourth-order valence-corrected chi connectivity index (χ4v) is 1.58. The first-order valence-electron chi connectivity index (χ1n) is 5.09. The highest BCUT2D eigenvalue weighted by Gasteiger charge is 2.07. The first-order valence-corrected chi connectivity index (χ1v) is 5.09. The predicted molar refractivity (Wildman–Crippen MR) is 61.9 cm³/mol. The maximum Gasteiger partial charge on any atom is 0.0409 e. The third-order valence-electron chi connectivity index (χ3n) is 2.39. The second kappa shape index (κ2) is 4.80. The zero-order valence-electron chi connectivity index (χ0n) is 8.93. The van der Waals surface area contributed by atoms with Crippen LogP contribution in [0.5, 0.6) is 0 Å². The number of hydrogen-bond donors (Lipinski definition) is 2. The molecular weight excluding hydrogens is 172 g/mol. The number of nitrogen functional groups attached to an aromatic ring is 1. The highest BCUT2D eigenvalue weighted by Crippen LogP contribution is 2.18. The van der Waals surface area contributed by atoms with Gasteiger partial charge in [-0.25, -0.2) is 0 Å². The van der Waals surface area contributed by atoms with Crippen LogP contribution in [0.15, 0.2) is 18.2 Å². The summed E-state index contributed by atoms with van der Waals surface area (Å²) >= 11 is 0. The second-order valence-electron chi connectivity index (χ2n) is 3.62. The van der Waals surface area contributed by atoms with Crippen molar-refractivity contribution in [3.05, 3.63) is 29.3 Å². The summed E-state index contributed by atoms with van der Waals surface area (Å²) in [5.41, 5.74) is 9.28. The van der Waals surface area contributed by atoms with Crippen LogP contribution in [0, 0.1) is 12.3 Å². The Bertz CT molecular complexity index is 309. The van der Waals surface area contributed by atoms with Crippen LogP contribution >= 0.6 is 0 Å². The van der Waals surface area contributed by atoms with Crippen molar-refractivity contribution >= 4 is 11.4 Å². The van der Waals surface area contributed by atoms with Crippen molar-refractivity contribution in [1.82, 2.24) is 0 Å². The molecule has 0 spiro atoms. The van der Waals surface area contributed by atoms with Crippen LogP contribution in [0.1, 0.15) is 37.3 Å². The van der Waals surface area contributed by atoms with E-state index in [1.165, 1.54) is 0 Å². The number of anilines is 1. The average Bonchev–Trinajstić information content (AvgIpc) is 2.14. The summed E-state index contributed by atoms with van der Waals surface area (Å²) in [5.74, 6) is 0. The van der Waals surface area contributed by atoms with Crippen LogP contribution in [-0.4, -0.2) is 5.71 Å². The lowest BCUT2D eigenvalue weighted by molar-refractivity contribution is 0.832. The summed E-state index contributed by atoms with van der Waals surface area (Å²) in [6.45, 7) is 4.14. The Kier molecular flexibility index (Phi) is 3.69. The maximum absolute atomic E-state index is 7.93. The van der Waals surface area contributed by atoms with Crippen LogP contribution in [0.2, 0.25) is 0 Å². The lowest BCUT2D eigenvalue weighted by atomic mass is 9.98. The monoisotopic (exact) mass is 190 g/mol. The smallest absolute Gasteiger partial charge is 0.0409 e. The van der Waals surface area contributed by atoms with Gasteiger partial charge in [-0.15, -0.1) is 0 Å². The molecule has 0 aromatic heterocycles. The molecule has 1 rings (SSSR count). The zero-order chi connectivity index (χ0) is 10.6. The van der Waals surface area contributed by atoms with Crippen LogP contribution in [-0.2, 0) is 0 Å². The maximum atomic E-state index is 7.93. The Labute approximate surface area is 85.6 Å². The largest absolute Gasteiger partial charge is 0.398 e. The first kappa shape index (κ1) is 10.8. The van der Waals surface area contributed by atoms with E-state index in [0.717, 1.165) is 36.1 Å². The molecule has 0 aliphatic carbocycles. The molecule has 0 aliphatic rings. The topological polar surface area (TPSA) is 49.9 Å². The Morgan fingerprint density at radius 3 is 2.71 bits per heavy atom. The minimum Gasteiger partial charge on any atom is -0.398 e. The van der Waals surface area contributed by atoms with E-state index in [-0.39, 0.29) is 0 Å². The van der Waals surface area contributed by atoms with E-state index in [2.05, 4.69) is 6.92 Å². The SMILES string of the molecule is CCCCC(=N)c1c(C)cccc1N. The molecule has 76 valence electrons. The second-order valence-corrected chi connectivity index (χ2v) is 3.62. The average molecular weight is 190 g/mol. The van der Waals surface area contributed by atoms with Gasteiger partial charge in [-0.3, -0.25) is 0 Å². The van der Waals surface area contributed by atoms with Crippen molar-refractivity contribution in [1.29, 1.82) is 5.41 Å². The Morgan fingerprint density at radius 2 is 2.14 bits per heavy atom. The molecule has 0 unspecified atom stereocenters. The van der Waals surface area contributed by atoms with Gasteiger partial charge in [0.25, 0.3) is 0 Å². The number of nitrogens with two attached hydrogens (primary N) is 1. The highest BCUT2D eigenvalue weighted by atomic mass is 14.6. The van der Waals surface area contributed by atoms with E-state index in [0.29, 0.717) is 5.71 Å². The lowest BCUT2D eigenvalue weighted by Gasteiger charge is -2.10. The van der Waals surface area contributed by atoms with E-state index in [1.807, 2.05) is 25.1 Å². The van der Waals surface area contributed by atoms with Gasteiger partial charge in [0.2, 0.25) is 0 Å². The molecule has 0 saturated heterocycles. The Hall–Kier alpha value is -1.31. The van der Waals surface area contributed by atoms with Crippen molar-refractivity contribution in [2.75, 3.05) is 5.73 Å². The number of nitrogens with one attached hydrogen (secondary N) is 1. The number of unbranched alkanes of at least 4 members (excludes halogenated alkanes) is 1. The summed E-state index contributed by atoms with van der Waals surface area (Å²) in [7, 11) is 0. The van der Waals surface area contributed by atoms with Gasteiger partial charge < -0.3 is 11.1 Å². The number of rotatable bonds is 4. The summed E-state index contributed by atoms with van der Waals surface area (Å²) in [4.78, 5) is 0. The molecule has 0 fully saturated rings. The van der Waals surface area contributed by atoms with Crippen molar-refractivity contribution in [3.63, 3.8) is 0 Å². The van der Waals surface area contributed by atoms with E-state index < -0.39 is 0 Å². The third kappa shape index (κ3) is 2.34. The molecule has 0 heterocycles. The Morgan fingerprint density at radius 1 is 1.43 bits per heavy atom. The van der Waals surface area contributed by atoms with Crippen molar-refractivity contribution in [3.8, 4) is 0 Å². The minimum absolute atomic E-state index is 0.669. The summed E-state index contributed by atoms with van der Waals surface area (Å²) in [6, 6.07) is 5.80. The summed E-state index contributed by atoms with van der Waals surface area (Å²) in [5, 5.41) is 7.93. The minimum atomic E-state index is 0.669. The molecule has 0 amide bonds. The molecule has 0 saturated carbocycles. The lowest BCUT2D eigenvalue weighted by Crippen LogP contribution is -2.05. The predicted octanol–water partition coefficient (Wildman–Crippen LogP) is 3.14. The molecular formula is C12H18N2. The first-order chi connectivity index (χ1) is 6.66. The van der Waals surface area contributed by atoms with Gasteiger partial charge in [-0.2, -0.15) is 0 Å². The number of benzene rings is 1. The molecule has 1 aromatic rings. The molecule has 2 heteroatoms. The molecule has 0 bridgehead atoms. The molecule has 3 N–H and O–H groups in total. The summed E-state index contributed by atoms with van der Waals surface area (Å²) < 4.78 is 0. The highest BCUT2D eigenvalue weighted by molar-refractivity contribution is 6.03. The molecule has 0 radical (unpaired) electrons. The quantitative estimate of drug-likeness (QED) is 0.556. The fraction of sp³-hybridized carbons (Fsp3) is 0.417. The molecule has 0 aliphatic heterocycles. The van der Waals surface area contributed by atoms with E-state index in [1.54, 1.807) is 0 Å². The van der Waals surface area contributed by atoms with Crippen LogP contribution in [0.3, 0.4) is 0 Å². The Balaban J connectivity index is 2.89. The van der Waals surface area contributed by atoms with Gasteiger partial charge in [0.05, 0.1) is 0 Å². The van der Waals surface area contributed by atoms with Gasteiger partial charge in [-0.1, -0.05) is 25.5 Å². The van der Waals surface area contributed by atoms with Crippen LogP contribution in [0.4, 0.5) is 5.69 Å². The van der Waals surface area contributed by atoms with Gasteiger partial charge in [0, 0.05) is 17.0 Å². The zero-order valence-corrected chi connectivity index (χ0v) is 8.93. The van der Waals surface area contributed by atoms with Gasteiger partial charge >= 0.3 is 0 Å². The van der Waals surface area contributed by atoms with Crippen molar-refractivity contribution < 1.29 is 0 Å². The van der Waals surface area contributed by atoms with Crippen molar-refractivity contribution in [2.45, 2.75) is 33.1 Å². The van der Waals surface area contributed by atoms with Crippen LogP contribution in [0.25, 0.3) is 0 Å². The molecule has 0 atom stereocenters. The van der Waals surface area contributed by atoms with Gasteiger partial charge in [-0.05, 0) is 31.4 Å². The van der Waals surface area contributed by atoms with Gasteiger partial charge in [0.15, 0.2) is 0 Å². The van der Waals surface area contributed by atoms with E-state index in [4.69, 9.17) is 11.1 Å². The molecule has 1 aromatic carbocycles.